The van der Waals surface area contributed by atoms with Gasteiger partial charge in [0.1, 0.15) is 0 Å². The Bertz CT molecular complexity index is 45.6. The molecule has 0 saturated carbocycles. The number of hydrogen-bond acceptors (Lipinski definition) is 0. The van der Waals surface area contributed by atoms with E-state index in [1.54, 1.807) is 0 Å². The van der Waals surface area contributed by atoms with Crippen molar-refractivity contribution in [3.05, 3.63) is 0 Å². The molecule has 1 heterocycles. The molecule has 30 valence electrons. The van der Waals surface area contributed by atoms with Gasteiger partial charge in [-0.15, -0.1) is 0 Å². The summed E-state index contributed by atoms with van der Waals surface area (Å²) in [6.07, 6.45) is 0. The van der Waals surface area contributed by atoms with Crippen molar-refractivity contribution >= 4 is 0 Å². The lowest BCUT2D eigenvalue weighted by Gasteiger charge is -1.73. The maximum atomic E-state index is 11.1. The first-order valence-corrected chi connectivity index (χ1v) is 1.47. The lowest BCUT2D eigenvalue weighted by Crippen LogP contribution is -1.93. The monoisotopic (exact) mass is 80.0 g/mol. The van der Waals surface area contributed by atoms with Crippen LogP contribution in [0, 0.1) is 0 Å². The lowest BCUT2D eigenvalue weighted by atomic mass is 11.0. The van der Waals surface area contributed by atoms with Crippen LogP contribution >= 0.6 is 0 Å². The van der Waals surface area contributed by atoms with Gasteiger partial charge in [-0.2, -0.15) is 0 Å². The van der Waals surface area contributed by atoms with E-state index in [9.17, 15) is 8.96 Å². The van der Waals surface area contributed by atoms with Crippen LogP contribution in [0.15, 0.2) is 0 Å². The molecule has 1 aliphatic heterocycles. The van der Waals surface area contributed by atoms with Crippen LogP contribution in [0.4, 0.5) is 8.96 Å². The average Bonchev–Trinajstić information content (AvgIpc) is 1.76. The highest BCUT2D eigenvalue weighted by atomic mass is 19.4. The minimum Gasteiger partial charge on any atom is 0.0424 e. The number of hydrogen-bond donors (Lipinski definition) is 0. The summed E-state index contributed by atoms with van der Waals surface area (Å²) in [7, 11) is 0. The van der Waals surface area contributed by atoms with Crippen LogP contribution in [0.5, 0.6) is 0 Å². The van der Waals surface area contributed by atoms with Gasteiger partial charge in [-0.3, -0.25) is 0 Å². The molecule has 1 saturated heterocycles. The van der Waals surface area contributed by atoms with E-state index in [4.69, 9.17) is 0 Å². The second-order valence-electron chi connectivity index (χ2n) is 1.21. The highest BCUT2D eigenvalue weighted by molar-refractivity contribution is 4.33. The quantitative estimate of drug-likeness (QED) is 0.295. The first-order chi connectivity index (χ1) is 2.21. The molecule has 0 amide bonds. The van der Waals surface area contributed by atoms with Crippen molar-refractivity contribution in [2.24, 2.45) is 0 Å². The first-order valence-electron chi connectivity index (χ1n) is 1.47. The summed E-state index contributed by atoms with van der Waals surface area (Å²) in [5.74, 6) is 0. The van der Waals surface area contributed by atoms with Crippen LogP contribution < -0.4 is 0 Å². The predicted octanol–water partition coefficient (Wildman–Crippen LogP) is 0.586. The van der Waals surface area contributed by atoms with Gasteiger partial charge in [0.15, 0.2) is 0 Å². The Balaban J connectivity index is 2.38. The molecule has 0 unspecified atom stereocenters. The summed E-state index contributed by atoms with van der Waals surface area (Å²) in [5.41, 5.74) is 0. The molecular weight excluding hydrogens is 76.0 g/mol. The van der Waals surface area contributed by atoms with E-state index in [-0.39, 0.29) is 13.1 Å². The van der Waals surface area contributed by atoms with Crippen molar-refractivity contribution in [3.63, 3.8) is 0 Å². The largest absolute Gasteiger partial charge is 0.211 e. The van der Waals surface area contributed by atoms with Crippen molar-refractivity contribution in [1.29, 1.82) is 0 Å². The van der Waals surface area contributed by atoms with Crippen LogP contribution in [-0.4, -0.2) is 18.0 Å². The van der Waals surface area contributed by atoms with Crippen LogP contribution in [0.3, 0.4) is 0 Å². The van der Waals surface area contributed by atoms with Gasteiger partial charge in [0.25, 0.3) is 0 Å². The summed E-state index contributed by atoms with van der Waals surface area (Å²) in [6, 6.07) is 0. The second-order valence-corrected chi connectivity index (χ2v) is 1.21. The Morgan fingerprint density at radius 2 is 1.40 bits per heavy atom. The molecule has 0 aromatic rings. The van der Waals surface area contributed by atoms with Crippen molar-refractivity contribution in [1.82, 2.24) is 0 Å². The lowest BCUT2D eigenvalue weighted by molar-refractivity contribution is -1.07. The maximum Gasteiger partial charge on any atom is 0.211 e. The summed E-state index contributed by atoms with van der Waals surface area (Å²) >= 11 is 0. The van der Waals surface area contributed by atoms with Crippen LogP contribution in [0.2, 0.25) is 0 Å². The molecule has 5 heavy (non-hydrogen) atoms. The molecule has 0 atom stereocenters. The Hall–Kier alpha value is -0.180. The fourth-order valence-electron chi connectivity index (χ4n) is 0.0756. The Kier molecular flexibility index (Phi) is 0.301. The fourth-order valence-corrected chi connectivity index (χ4v) is 0.0756. The van der Waals surface area contributed by atoms with Gasteiger partial charge in [0, 0.05) is 8.96 Å². The normalized spacial score (nSPS) is 30.0. The third-order valence-corrected chi connectivity index (χ3v) is 0.562. The van der Waals surface area contributed by atoms with E-state index in [1.807, 2.05) is 0 Å². The van der Waals surface area contributed by atoms with Gasteiger partial charge in [-0.05, 0) is 0 Å². The summed E-state index contributed by atoms with van der Waals surface area (Å²) in [4.78, 5) is -1.75. The fraction of sp³-hybridized carbons (Fsp3) is 1.00. The predicted molar refractivity (Wildman–Crippen MR) is 12.2 cm³/mol. The molecule has 0 N–H and O–H groups in total. The molecule has 0 aliphatic carbocycles. The van der Waals surface area contributed by atoms with E-state index in [1.165, 1.54) is 0 Å². The molecule has 0 spiro atoms. The number of rotatable bonds is 0. The van der Waals surface area contributed by atoms with E-state index in [2.05, 4.69) is 0 Å². The third kappa shape index (κ3) is 0.545. The Morgan fingerprint density at radius 1 is 1.20 bits per heavy atom. The first kappa shape index (κ1) is 3.03. The summed E-state index contributed by atoms with van der Waals surface area (Å²) in [5, 5.41) is 0. The van der Waals surface area contributed by atoms with Crippen molar-refractivity contribution in [2.45, 2.75) is 0 Å². The molecule has 0 aromatic carbocycles. The van der Waals surface area contributed by atoms with E-state index in [0.29, 0.717) is 0 Å². The smallest absolute Gasteiger partial charge is 0.0424 e. The molecule has 1 nitrogen and oxygen atoms in total. The summed E-state index contributed by atoms with van der Waals surface area (Å²) < 4.78 is 22.1. The Morgan fingerprint density at radius 3 is 1.40 bits per heavy atom. The van der Waals surface area contributed by atoms with E-state index < -0.39 is 4.93 Å². The van der Waals surface area contributed by atoms with Crippen molar-refractivity contribution in [3.8, 4) is 0 Å². The highest BCUT2D eigenvalue weighted by Gasteiger charge is 2.48. The minimum absolute atomic E-state index is 0.0556. The molecule has 0 radical (unpaired) electrons. The molecule has 3 heteroatoms. The van der Waals surface area contributed by atoms with Gasteiger partial charge < -0.3 is 0 Å². The molecule has 1 rings (SSSR count). The zero-order valence-electron chi connectivity index (χ0n) is 2.62. The maximum absolute atomic E-state index is 11.1. The number of halogens is 2. The highest BCUT2D eigenvalue weighted by Crippen LogP contribution is 2.20. The van der Waals surface area contributed by atoms with Gasteiger partial charge in [-0.25, -0.2) is 0 Å². The van der Waals surface area contributed by atoms with E-state index >= 15 is 0 Å². The van der Waals surface area contributed by atoms with Crippen LogP contribution in [-0.2, 0) is 0 Å². The molecule has 0 aromatic heterocycles. The summed E-state index contributed by atoms with van der Waals surface area (Å²) in [6.45, 7) is 0.111. The van der Waals surface area contributed by atoms with Crippen LogP contribution in [0.1, 0.15) is 0 Å². The zero-order chi connectivity index (χ0) is 3.91. The number of nitrogens with zero attached hydrogens (tertiary/aromatic N) is 1. The van der Waals surface area contributed by atoms with Crippen molar-refractivity contribution in [2.75, 3.05) is 13.1 Å². The molecule has 1 aliphatic rings. The topological polar surface area (TPSA) is 0 Å². The Labute approximate surface area is 28.3 Å². The molecule has 0 bridgehead atoms. The van der Waals surface area contributed by atoms with Crippen molar-refractivity contribution < 1.29 is 13.9 Å². The van der Waals surface area contributed by atoms with Crippen LogP contribution in [0.25, 0.3) is 0 Å². The molecule has 1 fully saturated rings. The minimum atomic E-state index is -1.75. The van der Waals surface area contributed by atoms with Gasteiger partial charge >= 0.3 is 0 Å². The molecular formula is C2H4F2N+. The van der Waals surface area contributed by atoms with Gasteiger partial charge in [-0.1, -0.05) is 0 Å². The second kappa shape index (κ2) is 0.497. The van der Waals surface area contributed by atoms with Gasteiger partial charge in [0.05, 0.1) is 4.93 Å². The average molecular weight is 80.1 g/mol. The van der Waals surface area contributed by atoms with Gasteiger partial charge in [0.2, 0.25) is 13.1 Å². The zero-order valence-corrected chi connectivity index (χ0v) is 2.62. The SMILES string of the molecule is F[N+]1(F)CC1. The van der Waals surface area contributed by atoms with E-state index in [0.717, 1.165) is 0 Å². The standard InChI is InChI=1S/C2H4F2N/c3-5(4)1-2-5/h1-2H2/q+1. The third-order valence-electron chi connectivity index (χ3n) is 0.562. The number of quaternary nitrogens is 1.